The van der Waals surface area contributed by atoms with Gasteiger partial charge in [-0.05, 0) is 30.0 Å². The third kappa shape index (κ3) is 4.78. The van der Waals surface area contributed by atoms with Crippen molar-refractivity contribution in [3.63, 3.8) is 0 Å². The lowest BCUT2D eigenvalue weighted by atomic mass is 10.2. The van der Waals surface area contributed by atoms with Gasteiger partial charge in [-0.15, -0.1) is 0 Å². The van der Waals surface area contributed by atoms with Crippen LogP contribution < -0.4 is 0 Å². The Balaban J connectivity index is 3.20. The summed E-state index contributed by atoms with van der Waals surface area (Å²) in [4.78, 5) is 0.255. The summed E-state index contributed by atoms with van der Waals surface area (Å²) in [5.41, 5.74) is 1.27. The highest BCUT2D eigenvalue weighted by Gasteiger charge is 2.26. The van der Waals surface area contributed by atoms with E-state index in [1.165, 1.54) is 4.31 Å². The molecule has 0 unspecified atom stereocenters. The van der Waals surface area contributed by atoms with E-state index < -0.39 is 10.0 Å². The molecule has 0 atom stereocenters. The number of rotatable bonds is 8. The molecule has 1 aromatic carbocycles. The fourth-order valence-electron chi connectivity index (χ4n) is 2.07. The van der Waals surface area contributed by atoms with Crippen LogP contribution in [0.2, 0.25) is 0 Å². The molecule has 0 amide bonds. The normalized spacial score (nSPS) is 12.3. The first-order chi connectivity index (χ1) is 9.82. The number of ether oxygens (including phenoxy) is 1. The van der Waals surface area contributed by atoms with Crippen LogP contribution in [-0.2, 0) is 21.4 Å². The Kier molecular flexibility index (Phi) is 6.80. The second kappa shape index (κ2) is 7.89. The van der Waals surface area contributed by atoms with Crippen molar-refractivity contribution in [2.24, 2.45) is 5.92 Å². The van der Waals surface area contributed by atoms with E-state index in [0.717, 1.165) is 0 Å². The molecule has 0 saturated carbocycles. The average molecular weight is 315 g/mol. The van der Waals surface area contributed by atoms with E-state index in [0.29, 0.717) is 30.8 Å². The van der Waals surface area contributed by atoms with Crippen molar-refractivity contribution < 1.29 is 18.3 Å². The van der Waals surface area contributed by atoms with Crippen molar-refractivity contribution in [3.8, 4) is 0 Å². The van der Waals surface area contributed by atoms with E-state index in [9.17, 15) is 13.5 Å². The molecule has 21 heavy (non-hydrogen) atoms. The molecule has 5 nitrogen and oxygen atoms in total. The molecule has 6 heteroatoms. The molecule has 0 saturated heterocycles. The van der Waals surface area contributed by atoms with E-state index >= 15 is 0 Å². The number of methoxy groups -OCH3 is 1. The van der Waals surface area contributed by atoms with E-state index in [1.807, 2.05) is 13.8 Å². The number of hydrogen-bond acceptors (Lipinski definition) is 4. The second-order valence-corrected chi connectivity index (χ2v) is 7.41. The molecule has 1 rings (SSSR count). The molecule has 1 aromatic rings. The fourth-order valence-corrected chi connectivity index (χ4v) is 3.93. The van der Waals surface area contributed by atoms with Gasteiger partial charge in [0.15, 0.2) is 0 Å². The molecule has 0 aliphatic carbocycles. The standard InChI is InChI=1S/C15H25NO4S/c1-12(2)10-16(7-8-20-4)21(18,19)15-9-14(11-17)6-5-13(15)3/h5-6,9,12,17H,7-8,10-11H2,1-4H3. The van der Waals surface area contributed by atoms with Crippen LogP contribution in [-0.4, -0.2) is 44.6 Å². The Bertz CT molecular complexity index is 555. The smallest absolute Gasteiger partial charge is 0.243 e. The first-order valence-electron chi connectivity index (χ1n) is 7.02. The summed E-state index contributed by atoms with van der Waals surface area (Å²) < 4.78 is 32.2. The Labute approximate surface area is 127 Å². The zero-order chi connectivity index (χ0) is 16.0. The maximum Gasteiger partial charge on any atom is 0.243 e. The summed E-state index contributed by atoms with van der Waals surface area (Å²) in [6, 6.07) is 5.00. The third-order valence-electron chi connectivity index (χ3n) is 3.17. The summed E-state index contributed by atoms with van der Waals surface area (Å²) in [7, 11) is -2.04. The van der Waals surface area contributed by atoms with Gasteiger partial charge in [-0.3, -0.25) is 0 Å². The van der Waals surface area contributed by atoms with Crippen molar-refractivity contribution in [2.45, 2.75) is 32.3 Å². The lowest BCUT2D eigenvalue weighted by Crippen LogP contribution is -2.37. The SMILES string of the molecule is COCCN(CC(C)C)S(=O)(=O)c1cc(CO)ccc1C. The van der Waals surface area contributed by atoms with Crippen molar-refractivity contribution in [1.29, 1.82) is 0 Å². The number of aliphatic hydroxyl groups is 1. The third-order valence-corrected chi connectivity index (χ3v) is 5.17. The molecular formula is C15H25NO4S. The number of hydrogen-bond donors (Lipinski definition) is 1. The topological polar surface area (TPSA) is 66.8 Å². The number of sulfonamides is 1. The number of aryl methyl sites for hydroxylation is 1. The van der Waals surface area contributed by atoms with Crippen LogP contribution >= 0.6 is 0 Å². The van der Waals surface area contributed by atoms with Crippen molar-refractivity contribution in [1.82, 2.24) is 4.31 Å². The van der Waals surface area contributed by atoms with Crippen molar-refractivity contribution in [3.05, 3.63) is 29.3 Å². The average Bonchev–Trinajstić information content (AvgIpc) is 2.43. The molecule has 0 radical (unpaired) electrons. The molecular weight excluding hydrogens is 290 g/mol. The molecule has 0 heterocycles. The summed E-state index contributed by atoms with van der Waals surface area (Å²) in [5, 5.41) is 9.22. The van der Waals surface area contributed by atoms with Gasteiger partial charge in [0.25, 0.3) is 0 Å². The first kappa shape index (κ1) is 18.1. The molecule has 0 aliphatic rings. The van der Waals surface area contributed by atoms with Crippen LogP contribution in [0.15, 0.2) is 23.1 Å². The number of nitrogens with zero attached hydrogens (tertiary/aromatic N) is 1. The Hall–Kier alpha value is -0.950. The highest BCUT2D eigenvalue weighted by atomic mass is 32.2. The van der Waals surface area contributed by atoms with Gasteiger partial charge in [-0.25, -0.2) is 8.42 Å². The van der Waals surface area contributed by atoms with Crippen molar-refractivity contribution >= 4 is 10.0 Å². The summed E-state index contributed by atoms with van der Waals surface area (Å²) in [6.07, 6.45) is 0. The van der Waals surface area contributed by atoms with Gasteiger partial charge in [0.2, 0.25) is 10.0 Å². The number of aliphatic hydroxyl groups excluding tert-OH is 1. The molecule has 1 N–H and O–H groups in total. The fraction of sp³-hybridized carbons (Fsp3) is 0.600. The Morgan fingerprint density at radius 3 is 2.52 bits per heavy atom. The van der Waals surface area contributed by atoms with Crippen LogP contribution in [0.4, 0.5) is 0 Å². The lowest BCUT2D eigenvalue weighted by Gasteiger charge is -2.24. The minimum Gasteiger partial charge on any atom is -0.392 e. The van der Waals surface area contributed by atoms with Crippen LogP contribution in [0.25, 0.3) is 0 Å². The maximum absolute atomic E-state index is 12.9. The van der Waals surface area contributed by atoms with E-state index in [4.69, 9.17) is 4.74 Å². The second-order valence-electron chi connectivity index (χ2n) is 5.51. The molecule has 0 fully saturated rings. The minimum atomic E-state index is -3.59. The summed E-state index contributed by atoms with van der Waals surface area (Å²) in [5.74, 6) is 0.220. The minimum absolute atomic E-state index is 0.176. The van der Waals surface area contributed by atoms with E-state index in [1.54, 1.807) is 32.2 Å². The maximum atomic E-state index is 12.9. The predicted octanol–water partition coefficient (Wildman–Crippen LogP) is 1.78. The molecule has 0 spiro atoms. The highest BCUT2D eigenvalue weighted by Crippen LogP contribution is 2.22. The molecule has 0 aliphatic heterocycles. The van der Waals surface area contributed by atoms with Crippen LogP contribution in [0.3, 0.4) is 0 Å². The number of benzene rings is 1. The zero-order valence-corrected chi connectivity index (χ0v) is 14.0. The van der Waals surface area contributed by atoms with E-state index in [-0.39, 0.29) is 17.4 Å². The molecule has 0 aromatic heterocycles. The monoisotopic (exact) mass is 315 g/mol. The highest BCUT2D eigenvalue weighted by molar-refractivity contribution is 7.89. The van der Waals surface area contributed by atoms with Gasteiger partial charge in [-0.2, -0.15) is 4.31 Å². The lowest BCUT2D eigenvalue weighted by molar-refractivity contribution is 0.175. The van der Waals surface area contributed by atoms with Gasteiger partial charge in [0.1, 0.15) is 0 Å². The zero-order valence-electron chi connectivity index (χ0n) is 13.2. The van der Waals surface area contributed by atoms with Crippen LogP contribution in [0.5, 0.6) is 0 Å². The largest absolute Gasteiger partial charge is 0.392 e. The Morgan fingerprint density at radius 2 is 2.00 bits per heavy atom. The van der Waals surface area contributed by atoms with Crippen LogP contribution in [0, 0.1) is 12.8 Å². The molecule has 0 bridgehead atoms. The first-order valence-corrected chi connectivity index (χ1v) is 8.46. The summed E-state index contributed by atoms with van der Waals surface area (Å²) in [6.45, 7) is 6.65. The quantitative estimate of drug-likeness (QED) is 0.794. The summed E-state index contributed by atoms with van der Waals surface area (Å²) >= 11 is 0. The predicted molar refractivity (Wildman–Crippen MR) is 82.6 cm³/mol. The van der Waals surface area contributed by atoms with Crippen LogP contribution in [0.1, 0.15) is 25.0 Å². The van der Waals surface area contributed by atoms with Gasteiger partial charge >= 0.3 is 0 Å². The Morgan fingerprint density at radius 1 is 1.33 bits per heavy atom. The van der Waals surface area contributed by atoms with Gasteiger partial charge in [0, 0.05) is 20.2 Å². The molecule has 120 valence electrons. The van der Waals surface area contributed by atoms with Gasteiger partial charge in [-0.1, -0.05) is 26.0 Å². The van der Waals surface area contributed by atoms with Gasteiger partial charge < -0.3 is 9.84 Å². The van der Waals surface area contributed by atoms with E-state index in [2.05, 4.69) is 0 Å². The van der Waals surface area contributed by atoms with Crippen molar-refractivity contribution in [2.75, 3.05) is 26.8 Å². The van der Waals surface area contributed by atoms with Gasteiger partial charge in [0.05, 0.1) is 18.1 Å².